The molecule has 0 saturated carbocycles. The van der Waals surface area contributed by atoms with Gasteiger partial charge in [-0.2, -0.15) is 0 Å². The molecule has 0 unspecified atom stereocenters. The maximum atomic E-state index is 13.7. The van der Waals surface area contributed by atoms with Gasteiger partial charge >= 0.3 is 0 Å². The average Bonchev–Trinajstić information content (AvgIpc) is 2.84. The molecule has 0 aliphatic rings. The van der Waals surface area contributed by atoms with Crippen molar-refractivity contribution >= 4 is 12.4 Å². The number of nitrogens with zero attached hydrogens (tertiary/aromatic N) is 2. The van der Waals surface area contributed by atoms with E-state index < -0.39 is 12.1 Å². The van der Waals surface area contributed by atoms with Crippen LogP contribution in [0, 0.1) is 11.6 Å². The van der Waals surface area contributed by atoms with Crippen LogP contribution in [0.1, 0.15) is 34.3 Å². The third-order valence-corrected chi connectivity index (χ3v) is 5.34. The van der Waals surface area contributed by atoms with Crippen molar-refractivity contribution < 1.29 is 41.4 Å². The van der Waals surface area contributed by atoms with Crippen LogP contribution >= 0.6 is 0 Å². The molecule has 4 aromatic carbocycles. The molecule has 0 aliphatic carbocycles. The molecule has 4 rings (SSSR count). The van der Waals surface area contributed by atoms with Crippen LogP contribution in [0.15, 0.2) is 107 Å². The smallest absolute Gasteiger partial charge is 0.124 e. The maximum Gasteiger partial charge on any atom is 0.124 e. The van der Waals surface area contributed by atoms with Gasteiger partial charge in [0.25, 0.3) is 0 Å². The summed E-state index contributed by atoms with van der Waals surface area (Å²) in [7, 11) is 0. The van der Waals surface area contributed by atoms with Gasteiger partial charge in [0.1, 0.15) is 35.2 Å². The van der Waals surface area contributed by atoms with Gasteiger partial charge < -0.3 is 10.2 Å². The molecule has 4 nitrogen and oxygen atoms in total. The molecule has 0 heterocycles. The van der Waals surface area contributed by atoms with Crippen LogP contribution in [0.5, 0.6) is 11.5 Å². The maximum absolute atomic E-state index is 13.7. The first-order valence-electron chi connectivity index (χ1n) is 10.6. The van der Waals surface area contributed by atoms with Crippen LogP contribution in [-0.4, -0.2) is 22.6 Å². The number of rotatable bonds is 7. The molecule has 2 atom stereocenters. The van der Waals surface area contributed by atoms with E-state index in [-0.39, 0.29) is 45.5 Å². The van der Waals surface area contributed by atoms with Crippen LogP contribution in [0.3, 0.4) is 0 Å². The molecule has 0 aliphatic heterocycles. The van der Waals surface area contributed by atoms with Crippen molar-refractivity contribution in [1.82, 2.24) is 0 Å². The summed E-state index contributed by atoms with van der Waals surface area (Å²) < 4.78 is 27.3. The second-order valence-corrected chi connectivity index (χ2v) is 7.67. The van der Waals surface area contributed by atoms with Gasteiger partial charge in [-0.3, -0.25) is 9.98 Å². The topological polar surface area (TPSA) is 65.2 Å². The van der Waals surface area contributed by atoms with Crippen LogP contribution in [0.2, 0.25) is 0 Å². The first-order chi connectivity index (χ1) is 16.5. The first kappa shape index (κ1) is 26.0. The minimum absolute atomic E-state index is 0. The number of para-hydroxylation sites is 2. The minimum Gasteiger partial charge on any atom is -0.507 e. The number of benzene rings is 4. The number of hydrogen-bond donors (Lipinski definition) is 2. The largest absolute Gasteiger partial charge is 0.507 e. The summed E-state index contributed by atoms with van der Waals surface area (Å²) in [6.07, 6.45) is 3.07. The Labute approximate surface area is 217 Å². The van der Waals surface area contributed by atoms with E-state index in [1.165, 1.54) is 36.7 Å². The molecule has 7 heteroatoms. The van der Waals surface area contributed by atoms with E-state index in [0.717, 1.165) is 0 Å². The fourth-order valence-corrected chi connectivity index (χ4v) is 3.53. The standard InChI is InChI=1S/C28H22F2N2O2.Au/c29-23-13-9-19(10-14-23)27(31-17-21-5-1-3-7-25(21)33)28(20-11-15-24(30)16-12-20)32-18-22-6-2-4-8-26(22)34;/h1-18,27-28,33-34H;/t27-,28-;/m0./s1. The monoisotopic (exact) mass is 653 g/mol. The molecule has 181 valence electrons. The van der Waals surface area contributed by atoms with Crippen molar-refractivity contribution in [1.29, 1.82) is 0 Å². The van der Waals surface area contributed by atoms with Gasteiger partial charge in [0, 0.05) is 45.9 Å². The van der Waals surface area contributed by atoms with Crippen LogP contribution in [0.4, 0.5) is 8.78 Å². The number of hydrogen-bond acceptors (Lipinski definition) is 4. The van der Waals surface area contributed by atoms with Crippen molar-refractivity contribution in [3.8, 4) is 11.5 Å². The van der Waals surface area contributed by atoms with Gasteiger partial charge in [-0.25, -0.2) is 8.78 Å². The van der Waals surface area contributed by atoms with E-state index >= 15 is 0 Å². The van der Waals surface area contributed by atoms with Crippen molar-refractivity contribution in [3.63, 3.8) is 0 Å². The Morgan fingerprint density at radius 1 is 0.543 bits per heavy atom. The van der Waals surface area contributed by atoms with Gasteiger partial charge in [-0.15, -0.1) is 0 Å². The molecule has 0 aromatic heterocycles. The minimum atomic E-state index is -0.632. The Hall–Kier alpha value is -3.58. The number of aromatic hydroxyl groups is 2. The third-order valence-electron chi connectivity index (χ3n) is 5.34. The van der Waals surface area contributed by atoms with Crippen molar-refractivity contribution in [3.05, 3.63) is 131 Å². The Balaban J connectivity index is 0.00000342. The fraction of sp³-hybridized carbons (Fsp3) is 0.0714. The molecule has 0 spiro atoms. The molecule has 2 N–H and O–H groups in total. The summed E-state index contributed by atoms with van der Waals surface area (Å²) in [5.74, 6) is -0.633. The van der Waals surface area contributed by atoms with Crippen LogP contribution in [0.25, 0.3) is 0 Å². The molecule has 1 radical (unpaired) electrons. The zero-order chi connectivity index (χ0) is 23.9. The summed E-state index contributed by atoms with van der Waals surface area (Å²) in [4.78, 5) is 9.42. The fourth-order valence-electron chi connectivity index (χ4n) is 3.53. The Morgan fingerprint density at radius 2 is 0.886 bits per heavy atom. The van der Waals surface area contributed by atoms with E-state index in [4.69, 9.17) is 9.98 Å². The van der Waals surface area contributed by atoms with E-state index in [1.807, 2.05) is 0 Å². The molecule has 0 amide bonds. The second-order valence-electron chi connectivity index (χ2n) is 7.67. The molecule has 4 aromatic rings. The van der Waals surface area contributed by atoms with Gasteiger partial charge in [0.2, 0.25) is 0 Å². The van der Waals surface area contributed by atoms with Crippen LogP contribution < -0.4 is 0 Å². The predicted molar refractivity (Wildman–Crippen MR) is 130 cm³/mol. The molecule has 0 bridgehead atoms. The Bertz CT molecular complexity index is 1210. The summed E-state index contributed by atoms with van der Waals surface area (Å²) in [6.45, 7) is 0. The molecule has 0 saturated heterocycles. The quantitative estimate of drug-likeness (QED) is 0.179. The zero-order valence-corrected chi connectivity index (χ0v) is 20.6. The van der Waals surface area contributed by atoms with E-state index in [2.05, 4.69) is 0 Å². The number of aliphatic imine (C=N–C) groups is 2. The summed E-state index contributed by atoms with van der Waals surface area (Å²) >= 11 is 0. The molecule has 35 heavy (non-hydrogen) atoms. The molecular weight excluding hydrogens is 631 g/mol. The summed E-state index contributed by atoms with van der Waals surface area (Å²) in [6, 6.07) is 24.1. The van der Waals surface area contributed by atoms with Crippen molar-refractivity contribution in [2.75, 3.05) is 0 Å². The molecular formula is C28H22AuF2N2O2. The third kappa shape index (κ3) is 6.73. The van der Waals surface area contributed by atoms with Gasteiger partial charge in [-0.1, -0.05) is 48.5 Å². The van der Waals surface area contributed by atoms with Crippen LogP contribution in [-0.2, 0) is 22.4 Å². The first-order valence-corrected chi connectivity index (χ1v) is 10.6. The Kier molecular flexibility index (Phi) is 9.09. The summed E-state index contributed by atoms with van der Waals surface area (Å²) in [5, 5.41) is 20.3. The zero-order valence-electron chi connectivity index (χ0n) is 18.4. The van der Waals surface area contributed by atoms with Gasteiger partial charge in [0.15, 0.2) is 0 Å². The van der Waals surface area contributed by atoms with E-state index in [1.54, 1.807) is 72.8 Å². The summed E-state index contributed by atoms with van der Waals surface area (Å²) in [5.41, 5.74) is 2.38. The van der Waals surface area contributed by atoms with Crippen molar-refractivity contribution in [2.45, 2.75) is 12.1 Å². The van der Waals surface area contributed by atoms with Gasteiger partial charge in [0.05, 0.1) is 0 Å². The number of phenols is 2. The Morgan fingerprint density at radius 3 is 1.23 bits per heavy atom. The number of halogens is 2. The van der Waals surface area contributed by atoms with E-state index in [0.29, 0.717) is 22.3 Å². The SMILES string of the molecule is Oc1ccccc1C=N[C@@H](c1ccc(F)cc1)[C@@H](N=Cc1ccccc1O)c1ccc(F)cc1.[Au]. The molecule has 0 fully saturated rings. The number of phenolic OH excluding ortho intramolecular Hbond substituents is 2. The van der Waals surface area contributed by atoms with Crippen molar-refractivity contribution in [2.24, 2.45) is 9.98 Å². The second kappa shape index (κ2) is 12.2. The van der Waals surface area contributed by atoms with E-state index in [9.17, 15) is 19.0 Å². The average molecular weight is 653 g/mol. The van der Waals surface area contributed by atoms with Gasteiger partial charge in [-0.05, 0) is 59.7 Å². The normalized spacial score (nSPS) is 13.0. The predicted octanol–water partition coefficient (Wildman–Crippen LogP) is 6.39.